The third-order valence-electron chi connectivity index (χ3n) is 2.39. The highest BCUT2D eigenvalue weighted by molar-refractivity contribution is 7.90. The number of oxazole rings is 1. The molecule has 0 spiro atoms. The van der Waals surface area contributed by atoms with Crippen LogP contribution in [0, 0.1) is 0 Å². The lowest BCUT2D eigenvalue weighted by Crippen LogP contribution is -2.00. The summed E-state index contributed by atoms with van der Waals surface area (Å²) in [6.45, 7) is -0.0501. The number of hydrogen-bond donors (Lipinski definition) is 1. The van der Waals surface area contributed by atoms with E-state index in [1.165, 1.54) is 24.3 Å². The van der Waals surface area contributed by atoms with Crippen molar-refractivity contribution in [3.8, 4) is 5.75 Å². The number of hydrogen-bond acceptors (Lipinski definition) is 6. The molecule has 0 atom stereocenters. The fourth-order valence-corrected chi connectivity index (χ4v) is 2.03. The first-order chi connectivity index (χ1) is 9.36. The fraction of sp³-hybridized carbons (Fsp3) is 0.167. The molecule has 0 aliphatic carbocycles. The first kappa shape index (κ1) is 14.1. The fourth-order valence-electron chi connectivity index (χ4n) is 1.40. The molecule has 0 fully saturated rings. The average Bonchev–Trinajstić information content (AvgIpc) is 2.85. The van der Waals surface area contributed by atoms with E-state index >= 15 is 0 Å². The maximum absolute atomic E-state index is 11.3. The summed E-state index contributed by atoms with van der Waals surface area (Å²) in [5.41, 5.74) is -0.198. The maximum Gasteiger partial charge on any atom is 0.357 e. The van der Waals surface area contributed by atoms with Crippen LogP contribution in [-0.2, 0) is 16.4 Å². The molecule has 0 saturated heterocycles. The lowest BCUT2D eigenvalue weighted by atomic mass is 10.3. The molecule has 2 aromatic rings. The van der Waals surface area contributed by atoms with Crippen LogP contribution >= 0.6 is 0 Å². The van der Waals surface area contributed by atoms with E-state index in [0.717, 1.165) is 12.5 Å². The van der Waals surface area contributed by atoms with Gasteiger partial charge in [0.1, 0.15) is 12.0 Å². The van der Waals surface area contributed by atoms with Gasteiger partial charge in [0.2, 0.25) is 5.89 Å². The van der Waals surface area contributed by atoms with Gasteiger partial charge in [0.25, 0.3) is 0 Å². The largest absolute Gasteiger partial charge is 0.484 e. The van der Waals surface area contributed by atoms with Gasteiger partial charge in [-0.15, -0.1) is 0 Å². The van der Waals surface area contributed by atoms with Crippen LogP contribution in [0.5, 0.6) is 5.75 Å². The molecule has 0 amide bonds. The molecular formula is C12H11NO6S. The molecule has 0 aliphatic rings. The lowest BCUT2D eigenvalue weighted by Gasteiger charge is -2.04. The number of aromatic carboxylic acids is 1. The number of carbonyl (C=O) groups is 1. The minimum Gasteiger partial charge on any atom is -0.484 e. The van der Waals surface area contributed by atoms with Crippen molar-refractivity contribution in [3.05, 3.63) is 42.1 Å². The van der Waals surface area contributed by atoms with Crippen LogP contribution in [0.25, 0.3) is 0 Å². The van der Waals surface area contributed by atoms with Crippen LogP contribution in [0.2, 0.25) is 0 Å². The van der Waals surface area contributed by atoms with Gasteiger partial charge in [-0.3, -0.25) is 0 Å². The highest BCUT2D eigenvalue weighted by atomic mass is 32.2. The van der Waals surface area contributed by atoms with E-state index in [0.29, 0.717) is 5.75 Å². The number of benzene rings is 1. The summed E-state index contributed by atoms with van der Waals surface area (Å²) < 4.78 is 32.8. The second-order valence-electron chi connectivity index (χ2n) is 3.96. The lowest BCUT2D eigenvalue weighted by molar-refractivity contribution is 0.0690. The van der Waals surface area contributed by atoms with Crippen molar-refractivity contribution in [2.75, 3.05) is 6.26 Å². The summed E-state index contributed by atoms with van der Waals surface area (Å²) in [5, 5.41) is 8.67. The molecule has 1 heterocycles. The smallest absolute Gasteiger partial charge is 0.357 e. The predicted octanol–water partition coefficient (Wildman–Crippen LogP) is 1.36. The number of nitrogens with zero attached hydrogens (tertiary/aromatic N) is 1. The first-order valence-corrected chi connectivity index (χ1v) is 7.36. The van der Waals surface area contributed by atoms with Gasteiger partial charge < -0.3 is 14.3 Å². The van der Waals surface area contributed by atoms with E-state index in [2.05, 4.69) is 4.98 Å². The van der Waals surface area contributed by atoms with Crippen LogP contribution in [0.15, 0.2) is 39.8 Å². The minimum absolute atomic E-state index is 0.0501. The zero-order valence-electron chi connectivity index (χ0n) is 10.4. The Morgan fingerprint density at radius 1 is 1.35 bits per heavy atom. The summed E-state index contributed by atoms with van der Waals surface area (Å²) in [5.74, 6) is -0.639. The zero-order valence-corrected chi connectivity index (χ0v) is 11.3. The average molecular weight is 297 g/mol. The van der Waals surface area contributed by atoms with Crippen molar-refractivity contribution < 1.29 is 27.5 Å². The van der Waals surface area contributed by atoms with E-state index in [9.17, 15) is 13.2 Å². The third-order valence-corrected chi connectivity index (χ3v) is 3.51. The molecule has 0 radical (unpaired) electrons. The van der Waals surface area contributed by atoms with E-state index in [-0.39, 0.29) is 23.1 Å². The van der Waals surface area contributed by atoms with Crippen molar-refractivity contribution in [1.29, 1.82) is 0 Å². The Hall–Kier alpha value is -2.35. The minimum atomic E-state index is -3.24. The topological polar surface area (TPSA) is 107 Å². The summed E-state index contributed by atoms with van der Waals surface area (Å²) in [6, 6.07) is 5.83. The Morgan fingerprint density at radius 2 is 2.00 bits per heavy atom. The number of aromatic nitrogens is 1. The third kappa shape index (κ3) is 3.35. The quantitative estimate of drug-likeness (QED) is 0.887. The SMILES string of the molecule is CS(=O)(=O)c1ccc(OCc2nc(C(=O)O)co2)cc1. The predicted molar refractivity (Wildman–Crippen MR) is 67.3 cm³/mol. The number of sulfone groups is 1. The van der Waals surface area contributed by atoms with Crippen LogP contribution in [0.4, 0.5) is 0 Å². The number of carboxylic acids is 1. The van der Waals surface area contributed by atoms with Crippen molar-refractivity contribution in [2.45, 2.75) is 11.5 Å². The van der Waals surface area contributed by atoms with E-state index in [1.54, 1.807) is 0 Å². The number of ether oxygens (including phenoxy) is 1. The highest BCUT2D eigenvalue weighted by Crippen LogP contribution is 2.17. The molecule has 8 heteroatoms. The van der Waals surface area contributed by atoms with Gasteiger partial charge in [0.05, 0.1) is 4.90 Å². The molecule has 1 aromatic heterocycles. The van der Waals surface area contributed by atoms with Gasteiger partial charge in [-0.05, 0) is 24.3 Å². The molecule has 0 bridgehead atoms. The molecule has 0 saturated carbocycles. The van der Waals surface area contributed by atoms with E-state index in [4.69, 9.17) is 14.3 Å². The van der Waals surface area contributed by atoms with Gasteiger partial charge in [-0.25, -0.2) is 18.2 Å². The summed E-state index contributed by atoms with van der Waals surface area (Å²) in [4.78, 5) is 14.5. The van der Waals surface area contributed by atoms with Crippen LogP contribution in [0.1, 0.15) is 16.4 Å². The van der Waals surface area contributed by atoms with Crippen LogP contribution in [-0.4, -0.2) is 30.7 Å². The van der Waals surface area contributed by atoms with Gasteiger partial charge in [0.15, 0.2) is 22.1 Å². The van der Waals surface area contributed by atoms with E-state index in [1.807, 2.05) is 0 Å². The standard InChI is InChI=1S/C12H11NO6S/c1-20(16,17)9-4-2-8(3-5-9)18-7-11-13-10(6-19-11)12(14)15/h2-6H,7H2,1H3,(H,14,15). The number of rotatable bonds is 5. The van der Waals surface area contributed by atoms with E-state index < -0.39 is 15.8 Å². The molecule has 106 valence electrons. The summed E-state index contributed by atoms with van der Waals surface area (Å²) in [6.07, 6.45) is 2.14. The molecule has 2 rings (SSSR count). The van der Waals surface area contributed by atoms with Gasteiger partial charge in [0, 0.05) is 6.26 Å². The molecule has 1 aromatic carbocycles. The van der Waals surface area contributed by atoms with Crippen LogP contribution in [0.3, 0.4) is 0 Å². The Bertz CT molecular complexity index is 717. The molecular weight excluding hydrogens is 286 g/mol. The second kappa shape index (κ2) is 5.33. The van der Waals surface area contributed by atoms with Crippen LogP contribution < -0.4 is 4.74 Å². The van der Waals surface area contributed by atoms with Gasteiger partial charge in [-0.1, -0.05) is 0 Å². The Kier molecular flexibility index (Phi) is 3.75. The van der Waals surface area contributed by atoms with Gasteiger partial charge in [-0.2, -0.15) is 0 Å². The summed E-state index contributed by atoms with van der Waals surface area (Å²) >= 11 is 0. The van der Waals surface area contributed by atoms with Crippen molar-refractivity contribution in [1.82, 2.24) is 4.98 Å². The van der Waals surface area contributed by atoms with Crippen molar-refractivity contribution in [2.24, 2.45) is 0 Å². The first-order valence-electron chi connectivity index (χ1n) is 5.47. The Labute approximate surface area is 114 Å². The highest BCUT2D eigenvalue weighted by Gasteiger charge is 2.11. The van der Waals surface area contributed by atoms with Crippen molar-refractivity contribution in [3.63, 3.8) is 0 Å². The molecule has 7 nitrogen and oxygen atoms in total. The Morgan fingerprint density at radius 3 is 2.50 bits per heavy atom. The van der Waals surface area contributed by atoms with Gasteiger partial charge >= 0.3 is 5.97 Å². The molecule has 1 N–H and O–H groups in total. The monoisotopic (exact) mass is 297 g/mol. The maximum atomic E-state index is 11.3. The summed E-state index contributed by atoms with van der Waals surface area (Å²) in [7, 11) is -3.24. The number of carboxylic acid groups (broad SMARTS) is 1. The van der Waals surface area contributed by atoms with Crippen molar-refractivity contribution >= 4 is 15.8 Å². The molecule has 0 aliphatic heterocycles. The zero-order chi connectivity index (χ0) is 14.8. The Balaban J connectivity index is 2.02. The normalized spacial score (nSPS) is 11.2. The second-order valence-corrected chi connectivity index (χ2v) is 5.98. The molecule has 0 unspecified atom stereocenters. The molecule has 20 heavy (non-hydrogen) atoms.